The van der Waals surface area contributed by atoms with E-state index in [0.29, 0.717) is 29.5 Å². The molecule has 5 rings (SSSR count). The van der Waals surface area contributed by atoms with Crippen LogP contribution in [0.5, 0.6) is 0 Å². The average molecular weight is 557 g/mol. The van der Waals surface area contributed by atoms with Crippen LogP contribution in [0.15, 0.2) is 24.3 Å². The van der Waals surface area contributed by atoms with Gasteiger partial charge in [-0.05, 0) is 87.0 Å². The lowest BCUT2D eigenvalue weighted by Crippen LogP contribution is -2.58. The molecule has 2 atom stereocenters. The third-order valence-electron chi connectivity index (χ3n) is 9.25. The lowest BCUT2D eigenvalue weighted by molar-refractivity contribution is -0.376. The van der Waals surface area contributed by atoms with Crippen LogP contribution in [-0.4, -0.2) is 36.7 Å². The highest BCUT2D eigenvalue weighted by molar-refractivity contribution is 7.87. The predicted molar refractivity (Wildman–Crippen MR) is 125 cm³/mol. The summed E-state index contributed by atoms with van der Waals surface area (Å²) in [5, 5.41) is 8.72. The zero-order valence-corrected chi connectivity index (χ0v) is 21.9. The van der Waals surface area contributed by atoms with E-state index in [1.165, 1.54) is 6.42 Å². The fourth-order valence-electron chi connectivity index (χ4n) is 7.13. The van der Waals surface area contributed by atoms with Crippen molar-refractivity contribution in [3.05, 3.63) is 35.4 Å². The highest BCUT2D eigenvalue weighted by Gasteiger charge is 2.71. The first-order valence-electron chi connectivity index (χ1n) is 12.8. The van der Waals surface area contributed by atoms with E-state index in [-0.39, 0.29) is 24.7 Å². The van der Waals surface area contributed by atoms with E-state index in [2.05, 4.69) is 0 Å². The maximum absolute atomic E-state index is 13.4. The van der Waals surface area contributed by atoms with Gasteiger partial charge in [-0.15, -0.1) is 0 Å². The van der Waals surface area contributed by atoms with Crippen molar-refractivity contribution in [3.63, 3.8) is 0 Å². The summed E-state index contributed by atoms with van der Waals surface area (Å²) in [5.74, 6) is 1.18. The zero-order chi connectivity index (χ0) is 27.6. The van der Waals surface area contributed by atoms with Gasteiger partial charge in [-0.25, -0.2) is 0 Å². The maximum Gasteiger partial charge on any atom is 0.430 e. The molecule has 37 heavy (non-hydrogen) atoms. The molecule has 1 N–H and O–H groups in total. The van der Waals surface area contributed by atoms with Crippen molar-refractivity contribution in [1.82, 2.24) is 0 Å². The molecule has 4 saturated carbocycles. The standard InChI is InChI=1S/C26H34F6O4S/c1-4-22(37(34,35)36-23(3)20-11-16-10-17(13-20)14-21(23)12-16)9-15(2)18-5-7-19(8-6-18)24(33,25(27,28)29)26(30,31)32/h5-8,15-17,20-22,33H,4,9-14H2,1-3H3. The van der Waals surface area contributed by atoms with Crippen molar-refractivity contribution < 1.29 is 44.0 Å². The van der Waals surface area contributed by atoms with E-state index in [4.69, 9.17) is 4.18 Å². The topological polar surface area (TPSA) is 63.6 Å². The minimum Gasteiger partial charge on any atom is -0.369 e. The molecule has 0 aliphatic heterocycles. The van der Waals surface area contributed by atoms with Crippen LogP contribution in [0.4, 0.5) is 26.3 Å². The molecule has 4 bridgehead atoms. The Morgan fingerprint density at radius 1 is 0.946 bits per heavy atom. The smallest absolute Gasteiger partial charge is 0.369 e. The third-order valence-corrected chi connectivity index (χ3v) is 11.2. The van der Waals surface area contributed by atoms with Crippen LogP contribution in [0.1, 0.15) is 82.8 Å². The first kappa shape index (κ1) is 28.7. The fraction of sp³-hybridized carbons (Fsp3) is 0.769. The second kappa shape index (κ2) is 9.40. The van der Waals surface area contributed by atoms with Crippen LogP contribution in [0.2, 0.25) is 0 Å². The highest BCUT2D eigenvalue weighted by Crippen LogP contribution is 2.60. The molecule has 2 unspecified atom stereocenters. The SMILES string of the molecule is CCC(CC(C)c1ccc(C(O)(C(F)(F)F)C(F)(F)F)cc1)S(=O)(=O)OC1(C)C2CC3CC(C2)CC1C3. The molecule has 4 fully saturated rings. The Bertz CT molecular complexity index is 1040. The van der Waals surface area contributed by atoms with Crippen LogP contribution < -0.4 is 0 Å². The van der Waals surface area contributed by atoms with Gasteiger partial charge in [0.05, 0.1) is 10.9 Å². The van der Waals surface area contributed by atoms with Gasteiger partial charge >= 0.3 is 12.4 Å². The van der Waals surface area contributed by atoms with Crippen LogP contribution in [0.25, 0.3) is 0 Å². The number of alkyl halides is 6. The van der Waals surface area contributed by atoms with Gasteiger partial charge in [-0.3, -0.25) is 4.18 Å². The summed E-state index contributed by atoms with van der Waals surface area (Å²) in [6.45, 7) is 5.29. The van der Waals surface area contributed by atoms with Gasteiger partial charge in [0, 0.05) is 5.56 Å². The minimum atomic E-state index is -5.97. The van der Waals surface area contributed by atoms with Gasteiger partial charge in [-0.2, -0.15) is 34.8 Å². The van der Waals surface area contributed by atoms with Gasteiger partial charge in [0.15, 0.2) is 0 Å². The Morgan fingerprint density at radius 2 is 1.41 bits per heavy atom. The zero-order valence-electron chi connectivity index (χ0n) is 21.1. The van der Waals surface area contributed by atoms with E-state index < -0.39 is 50.4 Å². The monoisotopic (exact) mass is 556 g/mol. The molecule has 210 valence electrons. The van der Waals surface area contributed by atoms with Crippen molar-refractivity contribution >= 4 is 10.1 Å². The number of hydrogen-bond acceptors (Lipinski definition) is 4. The van der Waals surface area contributed by atoms with Crippen molar-refractivity contribution in [2.75, 3.05) is 0 Å². The summed E-state index contributed by atoms with van der Waals surface area (Å²) < 4.78 is 112. The van der Waals surface area contributed by atoms with Crippen molar-refractivity contribution in [2.45, 2.75) is 100 Å². The van der Waals surface area contributed by atoms with E-state index in [0.717, 1.165) is 37.8 Å². The van der Waals surface area contributed by atoms with Gasteiger partial charge < -0.3 is 5.11 Å². The molecule has 0 saturated heterocycles. The summed E-state index contributed by atoms with van der Waals surface area (Å²) in [6, 6.07) is 3.33. The number of hydrogen-bond donors (Lipinski definition) is 1. The molecule has 0 heterocycles. The summed E-state index contributed by atoms with van der Waals surface area (Å²) >= 11 is 0. The first-order chi connectivity index (χ1) is 16.9. The number of benzene rings is 1. The number of rotatable bonds is 8. The van der Waals surface area contributed by atoms with Crippen LogP contribution >= 0.6 is 0 Å². The van der Waals surface area contributed by atoms with Gasteiger partial charge in [0.1, 0.15) is 0 Å². The lowest BCUT2D eigenvalue weighted by Gasteiger charge is -2.59. The molecule has 11 heteroatoms. The Hall–Kier alpha value is -1.33. The van der Waals surface area contributed by atoms with Crippen LogP contribution in [-0.2, 0) is 19.9 Å². The quantitative estimate of drug-likeness (QED) is 0.282. The summed E-state index contributed by atoms with van der Waals surface area (Å²) in [7, 11) is -3.99. The Balaban J connectivity index is 1.49. The van der Waals surface area contributed by atoms with Gasteiger partial charge in [-0.1, -0.05) is 38.1 Å². The van der Waals surface area contributed by atoms with Crippen molar-refractivity contribution in [3.8, 4) is 0 Å². The van der Waals surface area contributed by atoms with Gasteiger partial charge in [0.2, 0.25) is 0 Å². The van der Waals surface area contributed by atoms with Crippen molar-refractivity contribution in [2.24, 2.45) is 23.7 Å². The van der Waals surface area contributed by atoms with Crippen molar-refractivity contribution in [1.29, 1.82) is 0 Å². The molecular formula is C26H34F6O4S. The normalized spacial score (nSPS) is 31.9. The molecule has 0 spiro atoms. The second-order valence-corrected chi connectivity index (χ2v) is 13.4. The number of halogens is 6. The van der Waals surface area contributed by atoms with E-state index in [9.17, 15) is 39.9 Å². The third kappa shape index (κ3) is 4.93. The Kier molecular flexibility index (Phi) is 7.28. The Morgan fingerprint density at radius 3 is 1.81 bits per heavy atom. The first-order valence-corrected chi connectivity index (χ1v) is 14.3. The highest BCUT2D eigenvalue weighted by atomic mass is 32.2. The molecule has 1 aromatic carbocycles. The molecule has 1 aromatic rings. The van der Waals surface area contributed by atoms with E-state index in [1.54, 1.807) is 13.8 Å². The predicted octanol–water partition coefficient (Wildman–Crippen LogP) is 6.83. The van der Waals surface area contributed by atoms with Crippen LogP contribution in [0, 0.1) is 23.7 Å². The maximum atomic E-state index is 13.4. The average Bonchev–Trinajstić information content (AvgIpc) is 2.78. The number of aliphatic hydroxyl groups is 1. The Labute approximate surface area is 213 Å². The minimum absolute atomic E-state index is 0.0949. The second-order valence-electron chi connectivity index (χ2n) is 11.6. The fourth-order valence-corrected chi connectivity index (χ4v) is 8.98. The lowest BCUT2D eigenvalue weighted by atomic mass is 9.50. The largest absolute Gasteiger partial charge is 0.430 e. The van der Waals surface area contributed by atoms with Gasteiger partial charge in [0.25, 0.3) is 15.7 Å². The molecule has 0 aromatic heterocycles. The molecule has 4 aliphatic rings. The summed E-state index contributed by atoms with van der Waals surface area (Å²) in [4.78, 5) is 0. The van der Waals surface area contributed by atoms with Crippen LogP contribution in [0.3, 0.4) is 0 Å². The molecule has 0 radical (unpaired) electrons. The van der Waals surface area contributed by atoms with E-state index in [1.807, 2.05) is 6.92 Å². The van der Waals surface area contributed by atoms with E-state index >= 15 is 0 Å². The molecule has 4 nitrogen and oxygen atoms in total. The summed E-state index contributed by atoms with van der Waals surface area (Å²) in [5.41, 5.74) is -6.73. The molecule has 0 amide bonds. The molecule has 4 aliphatic carbocycles. The molecular weight excluding hydrogens is 522 g/mol. The summed E-state index contributed by atoms with van der Waals surface area (Å²) in [6.07, 6.45) is -6.48.